The highest BCUT2D eigenvalue weighted by molar-refractivity contribution is 6.06. The number of rotatable bonds is 5. The smallest absolute Gasteiger partial charge is 0.270 e. The Morgan fingerprint density at radius 2 is 2.14 bits per heavy atom. The maximum atomic E-state index is 12.3. The number of pyridine rings is 1. The van der Waals surface area contributed by atoms with E-state index in [1.165, 1.54) is 18.2 Å². The molecular weight excluding hydrogens is 288 g/mol. The van der Waals surface area contributed by atoms with Crippen LogP contribution in [0.15, 0.2) is 29.1 Å². The van der Waals surface area contributed by atoms with Crippen LogP contribution >= 0.6 is 0 Å². The van der Waals surface area contributed by atoms with Crippen LogP contribution in [0.2, 0.25) is 0 Å². The molecule has 0 radical (unpaired) electrons. The molecule has 0 aliphatic carbocycles. The number of H-pyrrole nitrogens is 1. The lowest BCUT2D eigenvalue weighted by Gasteiger charge is -2.12. The highest BCUT2D eigenvalue weighted by Gasteiger charge is 2.15. The Balaban J connectivity index is 2.46. The molecule has 1 atom stereocenters. The molecule has 0 fully saturated rings. The summed E-state index contributed by atoms with van der Waals surface area (Å²) in [6.45, 7) is 2.26. The molecule has 0 saturated heterocycles. The normalized spacial score (nSPS) is 12.1. The molecule has 116 valence electrons. The van der Waals surface area contributed by atoms with Crippen LogP contribution < -0.4 is 16.2 Å². The highest BCUT2D eigenvalue weighted by atomic mass is 16.6. The van der Waals surface area contributed by atoms with Crippen LogP contribution in [0, 0.1) is 10.1 Å². The lowest BCUT2D eigenvalue weighted by molar-refractivity contribution is -0.384. The number of nitro benzene ring substituents is 1. The monoisotopic (exact) mass is 304 g/mol. The van der Waals surface area contributed by atoms with Gasteiger partial charge in [0.25, 0.3) is 11.6 Å². The number of hydrogen-bond donors (Lipinski definition) is 3. The van der Waals surface area contributed by atoms with E-state index in [-0.39, 0.29) is 17.3 Å². The third kappa shape index (κ3) is 3.29. The van der Waals surface area contributed by atoms with E-state index in [9.17, 15) is 19.7 Å². The van der Waals surface area contributed by atoms with Crippen molar-refractivity contribution in [3.8, 4) is 0 Å². The van der Waals surface area contributed by atoms with Crippen LogP contribution in [0.1, 0.15) is 17.3 Å². The third-order valence-corrected chi connectivity index (χ3v) is 3.34. The number of amides is 1. The van der Waals surface area contributed by atoms with E-state index in [0.29, 0.717) is 17.4 Å². The minimum atomic E-state index is -0.546. The van der Waals surface area contributed by atoms with Gasteiger partial charge in [-0.05, 0) is 20.0 Å². The van der Waals surface area contributed by atoms with E-state index in [1.807, 2.05) is 6.92 Å². The molecule has 0 aliphatic heterocycles. The van der Waals surface area contributed by atoms with E-state index in [0.717, 1.165) is 6.07 Å². The molecule has 1 heterocycles. The number of fused-ring (bicyclic) bond motifs is 1. The Bertz CT molecular complexity index is 784. The quantitative estimate of drug-likeness (QED) is 0.557. The lowest BCUT2D eigenvalue weighted by Crippen LogP contribution is -2.37. The number of carbonyl (C=O) groups excluding carboxylic acids is 1. The number of carbonyl (C=O) groups is 1. The second kappa shape index (κ2) is 6.35. The summed E-state index contributed by atoms with van der Waals surface area (Å²) < 4.78 is 0. The number of likely N-dealkylation sites (N-methyl/N-ethyl adjacent to an activating group) is 1. The standard InChI is InChI=1S/C14H16N4O4/c1-8(15-2)7-16-14(20)11-6-13(19)17-12-4-3-9(18(21)22)5-10(11)12/h3-6,8,15H,7H2,1-2H3,(H,16,20)(H,17,19). The van der Waals surface area contributed by atoms with E-state index in [1.54, 1.807) is 7.05 Å². The van der Waals surface area contributed by atoms with E-state index in [4.69, 9.17) is 0 Å². The maximum Gasteiger partial charge on any atom is 0.270 e. The molecule has 3 N–H and O–H groups in total. The fraction of sp³-hybridized carbons (Fsp3) is 0.286. The molecule has 0 bridgehead atoms. The van der Waals surface area contributed by atoms with Crippen LogP contribution in [0.25, 0.3) is 10.9 Å². The zero-order chi connectivity index (χ0) is 16.3. The van der Waals surface area contributed by atoms with Gasteiger partial charge in [-0.3, -0.25) is 19.7 Å². The zero-order valence-corrected chi connectivity index (χ0v) is 12.2. The topological polar surface area (TPSA) is 117 Å². The van der Waals surface area contributed by atoms with Gasteiger partial charge in [-0.2, -0.15) is 0 Å². The van der Waals surface area contributed by atoms with Gasteiger partial charge in [0.05, 0.1) is 10.5 Å². The molecule has 1 unspecified atom stereocenters. The minimum absolute atomic E-state index is 0.0616. The molecule has 1 aromatic carbocycles. The SMILES string of the molecule is CNC(C)CNC(=O)c1cc(=O)[nH]c2ccc([N+](=O)[O-])cc12. The second-order valence-electron chi connectivity index (χ2n) is 4.93. The number of hydrogen-bond acceptors (Lipinski definition) is 5. The van der Waals surface area contributed by atoms with Crippen molar-refractivity contribution in [2.45, 2.75) is 13.0 Å². The molecule has 8 heteroatoms. The van der Waals surface area contributed by atoms with Crippen molar-refractivity contribution in [3.05, 3.63) is 50.3 Å². The average molecular weight is 304 g/mol. The highest BCUT2D eigenvalue weighted by Crippen LogP contribution is 2.21. The van der Waals surface area contributed by atoms with E-state index >= 15 is 0 Å². The summed E-state index contributed by atoms with van der Waals surface area (Å²) in [5.41, 5.74) is -0.0824. The number of non-ortho nitro benzene ring substituents is 1. The molecule has 0 saturated carbocycles. The van der Waals surface area contributed by atoms with Crippen LogP contribution in [0.5, 0.6) is 0 Å². The Morgan fingerprint density at radius 3 is 2.77 bits per heavy atom. The van der Waals surface area contributed by atoms with Crippen molar-refractivity contribution in [3.63, 3.8) is 0 Å². The Kier molecular flexibility index (Phi) is 4.52. The Labute approximate surface area is 125 Å². The minimum Gasteiger partial charge on any atom is -0.350 e. The van der Waals surface area contributed by atoms with Gasteiger partial charge in [-0.15, -0.1) is 0 Å². The molecule has 2 aromatic rings. The average Bonchev–Trinajstić information content (AvgIpc) is 2.50. The molecule has 1 amide bonds. The maximum absolute atomic E-state index is 12.3. The first-order valence-electron chi connectivity index (χ1n) is 6.69. The molecular formula is C14H16N4O4. The zero-order valence-electron chi connectivity index (χ0n) is 12.2. The van der Waals surface area contributed by atoms with Gasteiger partial charge < -0.3 is 15.6 Å². The Hall–Kier alpha value is -2.74. The van der Waals surface area contributed by atoms with Gasteiger partial charge in [0, 0.05) is 41.7 Å². The lowest BCUT2D eigenvalue weighted by atomic mass is 10.1. The number of nitrogens with zero attached hydrogens (tertiary/aromatic N) is 1. The molecule has 2 rings (SSSR count). The van der Waals surface area contributed by atoms with Gasteiger partial charge in [-0.25, -0.2) is 0 Å². The number of aromatic nitrogens is 1. The van der Waals surface area contributed by atoms with Crippen molar-refractivity contribution in [1.29, 1.82) is 0 Å². The number of aromatic amines is 1. The van der Waals surface area contributed by atoms with Crippen molar-refractivity contribution in [1.82, 2.24) is 15.6 Å². The molecule has 8 nitrogen and oxygen atoms in total. The van der Waals surface area contributed by atoms with Gasteiger partial charge in [-0.1, -0.05) is 0 Å². The summed E-state index contributed by atoms with van der Waals surface area (Å²) in [5.74, 6) is -0.446. The molecule has 0 spiro atoms. The van der Waals surface area contributed by atoms with E-state index < -0.39 is 16.4 Å². The summed E-state index contributed by atoms with van der Waals surface area (Å²) in [7, 11) is 1.77. The molecule has 22 heavy (non-hydrogen) atoms. The summed E-state index contributed by atoms with van der Waals surface area (Å²) in [6.07, 6.45) is 0. The second-order valence-corrected chi connectivity index (χ2v) is 4.93. The first-order valence-corrected chi connectivity index (χ1v) is 6.69. The summed E-state index contributed by atoms with van der Waals surface area (Å²) >= 11 is 0. The van der Waals surface area contributed by atoms with E-state index in [2.05, 4.69) is 15.6 Å². The number of benzene rings is 1. The van der Waals surface area contributed by atoms with Crippen molar-refractivity contribution < 1.29 is 9.72 Å². The molecule has 0 aliphatic rings. The first kappa shape index (κ1) is 15.6. The number of nitro groups is 1. The van der Waals surface area contributed by atoms with Crippen LogP contribution in [0.4, 0.5) is 5.69 Å². The van der Waals surface area contributed by atoms with Gasteiger partial charge in [0.1, 0.15) is 0 Å². The Morgan fingerprint density at radius 1 is 1.41 bits per heavy atom. The summed E-state index contributed by atoms with van der Waals surface area (Å²) in [4.78, 5) is 36.8. The first-order chi connectivity index (χ1) is 10.4. The largest absolute Gasteiger partial charge is 0.350 e. The van der Waals surface area contributed by atoms with Crippen molar-refractivity contribution in [2.24, 2.45) is 0 Å². The predicted octanol–water partition coefficient (Wildman–Crippen LogP) is 0.774. The van der Waals surface area contributed by atoms with Crippen molar-refractivity contribution >= 4 is 22.5 Å². The van der Waals surface area contributed by atoms with Crippen LogP contribution in [-0.4, -0.2) is 35.4 Å². The van der Waals surface area contributed by atoms with Crippen LogP contribution in [-0.2, 0) is 0 Å². The van der Waals surface area contributed by atoms with Crippen LogP contribution in [0.3, 0.4) is 0 Å². The summed E-state index contributed by atoms with van der Waals surface area (Å²) in [5, 5.41) is 16.9. The van der Waals surface area contributed by atoms with Gasteiger partial charge in [0.2, 0.25) is 5.56 Å². The number of nitrogens with one attached hydrogen (secondary N) is 3. The fourth-order valence-electron chi connectivity index (χ4n) is 1.99. The summed E-state index contributed by atoms with van der Waals surface area (Å²) in [6, 6.07) is 5.18. The fourth-order valence-corrected chi connectivity index (χ4v) is 1.99. The van der Waals surface area contributed by atoms with Crippen molar-refractivity contribution in [2.75, 3.05) is 13.6 Å². The van der Waals surface area contributed by atoms with Gasteiger partial charge in [0.15, 0.2) is 0 Å². The third-order valence-electron chi connectivity index (χ3n) is 3.34. The molecule has 1 aromatic heterocycles. The van der Waals surface area contributed by atoms with Gasteiger partial charge >= 0.3 is 0 Å². The predicted molar refractivity (Wildman–Crippen MR) is 82.1 cm³/mol.